The highest BCUT2D eigenvalue weighted by molar-refractivity contribution is 6.12. The van der Waals surface area contributed by atoms with Gasteiger partial charge in [0.25, 0.3) is 11.8 Å². The van der Waals surface area contributed by atoms with Gasteiger partial charge in [0.05, 0.1) is 0 Å². The lowest BCUT2D eigenvalue weighted by Crippen LogP contribution is -2.30. The average molecular weight is 319 g/mol. The Hall–Kier alpha value is -1.38. The van der Waals surface area contributed by atoms with Crippen molar-refractivity contribution in [2.24, 2.45) is 0 Å². The van der Waals surface area contributed by atoms with Gasteiger partial charge in [-0.2, -0.15) is 0 Å². The number of hydrogen-bond donors (Lipinski definition) is 0. The molecule has 3 nitrogen and oxygen atoms in total. The van der Waals surface area contributed by atoms with Crippen molar-refractivity contribution in [2.45, 2.75) is 84.0 Å². The van der Waals surface area contributed by atoms with Crippen molar-refractivity contribution in [1.82, 2.24) is 4.90 Å². The smallest absolute Gasteiger partial charge is 0.253 e. The van der Waals surface area contributed by atoms with Gasteiger partial charge in [-0.3, -0.25) is 14.5 Å². The second kappa shape index (κ2) is 13.1. The predicted molar refractivity (Wildman–Crippen MR) is 96.1 cm³/mol. The predicted octanol–water partition coefficient (Wildman–Crippen LogP) is 5.17. The van der Waals surface area contributed by atoms with E-state index in [0.29, 0.717) is 6.54 Å². The van der Waals surface area contributed by atoms with Crippen LogP contribution in [0.1, 0.15) is 84.0 Å². The zero-order valence-electron chi connectivity index (χ0n) is 14.8. The Morgan fingerprint density at radius 3 is 1.78 bits per heavy atom. The molecule has 0 spiro atoms. The first-order chi connectivity index (χ1) is 11.3. The fourth-order valence-corrected chi connectivity index (χ4v) is 2.82. The Balaban J connectivity index is 1.83. The normalized spacial score (nSPS) is 14.6. The summed E-state index contributed by atoms with van der Waals surface area (Å²) >= 11 is 0. The van der Waals surface area contributed by atoms with Crippen LogP contribution in [0.5, 0.6) is 0 Å². The van der Waals surface area contributed by atoms with Crippen molar-refractivity contribution in [3.8, 4) is 0 Å². The van der Waals surface area contributed by atoms with E-state index in [1.807, 2.05) is 0 Å². The molecule has 0 aliphatic carbocycles. The second-order valence-corrected chi connectivity index (χ2v) is 6.39. The van der Waals surface area contributed by atoms with Gasteiger partial charge >= 0.3 is 0 Å². The summed E-state index contributed by atoms with van der Waals surface area (Å²) in [7, 11) is 0. The SMILES string of the molecule is CCCCCCCC=CCCCCCCCN1C(=O)C=CC1=O. The summed E-state index contributed by atoms with van der Waals surface area (Å²) in [5.74, 6) is -0.315. The lowest BCUT2D eigenvalue weighted by molar-refractivity contribution is -0.136. The first kappa shape index (κ1) is 19.7. The first-order valence-electron chi connectivity index (χ1n) is 9.44. The fraction of sp³-hybridized carbons (Fsp3) is 0.700. The maximum absolute atomic E-state index is 11.4. The summed E-state index contributed by atoms with van der Waals surface area (Å²) in [5, 5.41) is 0. The molecule has 0 bridgehead atoms. The first-order valence-corrected chi connectivity index (χ1v) is 9.44. The minimum absolute atomic E-state index is 0.158. The minimum Gasteiger partial charge on any atom is -0.275 e. The van der Waals surface area contributed by atoms with Crippen LogP contribution in [-0.2, 0) is 9.59 Å². The lowest BCUT2D eigenvalue weighted by Gasteiger charge is -2.12. The second-order valence-electron chi connectivity index (χ2n) is 6.39. The number of nitrogens with zero attached hydrogens (tertiary/aromatic N) is 1. The van der Waals surface area contributed by atoms with Gasteiger partial charge in [-0.05, 0) is 32.1 Å². The summed E-state index contributed by atoms with van der Waals surface area (Å²) in [5.41, 5.74) is 0. The van der Waals surface area contributed by atoms with Crippen LogP contribution >= 0.6 is 0 Å². The Labute approximate surface area is 141 Å². The molecule has 130 valence electrons. The van der Waals surface area contributed by atoms with Gasteiger partial charge in [0, 0.05) is 18.7 Å². The van der Waals surface area contributed by atoms with Gasteiger partial charge in [0.15, 0.2) is 0 Å². The van der Waals surface area contributed by atoms with Gasteiger partial charge in [-0.15, -0.1) is 0 Å². The number of hydrogen-bond acceptors (Lipinski definition) is 2. The molecule has 0 unspecified atom stereocenters. The Kier molecular flexibility index (Phi) is 11.2. The molecule has 0 N–H and O–H groups in total. The molecule has 23 heavy (non-hydrogen) atoms. The van der Waals surface area contributed by atoms with Crippen LogP contribution in [0.25, 0.3) is 0 Å². The van der Waals surface area contributed by atoms with E-state index in [0.717, 1.165) is 12.8 Å². The molecule has 2 amide bonds. The van der Waals surface area contributed by atoms with Crippen molar-refractivity contribution in [3.05, 3.63) is 24.3 Å². The molecule has 1 aliphatic rings. The van der Waals surface area contributed by atoms with Gasteiger partial charge < -0.3 is 0 Å². The van der Waals surface area contributed by atoms with Crippen molar-refractivity contribution in [1.29, 1.82) is 0 Å². The fourth-order valence-electron chi connectivity index (χ4n) is 2.82. The van der Waals surface area contributed by atoms with Crippen LogP contribution < -0.4 is 0 Å². The number of carbonyl (C=O) groups is 2. The molecule has 0 saturated carbocycles. The lowest BCUT2D eigenvalue weighted by atomic mass is 10.1. The monoisotopic (exact) mass is 319 g/mol. The number of allylic oxidation sites excluding steroid dienone is 2. The molecular formula is C20H33NO2. The summed E-state index contributed by atoms with van der Waals surface area (Å²) in [6.07, 6.45) is 22.3. The van der Waals surface area contributed by atoms with E-state index in [4.69, 9.17) is 0 Å². The molecule has 1 aliphatic heterocycles. The molecule has 0 saturated heterocycles. The Morgan fingerprint density at radius 2 is 1.22 bits per heavy atom. The van der Waals surface area contributed by atoms with E-state index in [1.54, 1.807) is 0 Å². The Morgan fingerprint density at radius 1 is 0.739 bits per heavy atom. The van der Waals surface area contributed by atoms with Crippen LogP contribution in [0.3, 0.4) is 0 Å². The van der Waals surface area contributed by atoms with Crippen molar-refractivity contribution in [2.75, 3.05) is 6.54 Å². The highest BCUT2D eigenvalue weighted by Crippen LogP contribution is 2.10. The molecule has 1 rings (SSSR count). The van der Waals surface area contributed by atoms with Gasteiger partial charge in [0.1, 0.15) is 0 Å². The average Bonchev–Trinajstić information content (AvgIpc) is 2.86. The molecule has 0 aromatic carbocycles. The Bertz CT molecular complexity index is 380. The summed E-state index contributed by atoms with van der Waals surface area (Å²) < 4.78 is 0. The highest BCUT2D eigenvalue weighted by atomic mass is 16.2. The van der Waals surface area contributed by atoms with E-state index in [9.17, 15) is 9.59 Å². The van der Waals surface area contributed by atoms with E-state index < -0.39 is 0 Å². The molecule has 0 radical (unpaired) electrons. The number of imide groups is 1. The molecule has 1 heterocycles. The van der Waals surface area contributed by atoms with Crippen molar-refractivity contribution >= 4 is 11.8 Å². The number of amides is 2. The molecule has 0 aromatic rings. The molecule has 3 heteroatoms. The molecular weight excluding hydrogens is 286 g/mol. The summed E-state index contributed by atoms with van der Waals surface area (Å²) in [4.78, 5) is 24.1. The number of carbonyl (C=O) groups excluding carboxylic acids is 2. The molecule has 0 atom stereocenters. The zero-order chi connectivity index (χ0) is 16.8. The van der Waals surface area contributed by atoms with Gasteiger partial charge in [-0.25, -0.2) is 0 Å². The maximum atomic E-state index is 11.4. The maximum Gasteiger partial charge on any atom is 0.253 e. The van der Waals surface area contributed by atoms with E-state index in [2.05, 4.69) is 19.1 Å². The van der Waals surface area contributed by atoms with Crippen molar-refractivity contribution < 1.29 is 9.59 Å². The summed E-state index contributed by atoms with van der Waals surface area (Å²) in [6.45, 7) is 2.82. The van der Waals surface area contributed by atoms with Gasteiger partial charge in [0.2, 0.25) is 0 Å². The zero-order valence-corrected chi connectivity index (χ0v) is 14.8. The van der Waals surface area contributed by atoms with E-state index >= 15 is 0 Å². The van der Waals surface area contributed by atoms with Crippen LogP contribution in [0, 0.1) is 0 Å². The minimum atomic E-state index is -0.158. The third-order valence-corrected chi connectivity index (χ3v) is 4.29. The van der Waals surface area contributed by atoms with Crippen molar-refractivity contribution in [3.63, 3.8) is 0 Å². The largest absolute Gasteiger partial charge is 0.275 e. The van der Waals surface area contributed by atoms with Crippen LogP contribution in [0.15, 0.2) is 24.3 Å². The standard InChI is InChI=1S/C20H33NO2/c1-2-3-4-5-6-7-8-9-10-11-12-13-14-15-18-21-19(22)16-17-20(21)23/h8-9,16-17H,2-7,10-15,18H2,1H3. The number of rotatable bonds is 14. The van der Waals surface area contributed by atoms with Crippen LogP contribution in [0.2, 0.25) is 0 Å². The van der Waals surface area contributed by atoms with E-state index in [1.165, 1.54) is 81.3 Å². The third-order valence-electron chi connectivity index (χ3n) is 4.29. The molecule has 0 fully saturated rings. The summed E-state index contributed by atoms with van der Waals surface area (Å²) in [6, 6.07) is 0. The van der Waals surface area contributed by atoms with Crippen LogP contribution in [0.4, 0.5) is 0 Å². The van der Waals surface area contributed by atoms with E-state index in [-0.39, 0.29) is 11.8 Å². The molecule has 0 aromatic heterocycles. The topological polar surface area (TPSA) is 37.4 Å². The van der Waals surface area contributed by atoms with Gasteiger partial charge in [-0.1, -0.05) is 64.0 Å². The van der Waals surface area contributed by atoms with Crippen LogP contribution in [-0.4, -0.2) is 23.3 Å². The number of unbranched alkanes of at least 4 members (excludes halogenated alkanes) is 10. The highest BCUT2D eigenvalue weighted by Gasteiger charge is 2.21. The third kappa shape index (κ3) is 9.37. The quantitative estimate of drug-likeness (QED) is 0.252.